The average Bonchev–Trinajstić information content (AvgIpc) is 3.08. The molecule has 1 atom stereocenters. The fraction of sp³-hybridized carbons (Fsp3) is 0.360. The van der Waals surface area contributed by atoms with Crippen molar-refractivity contribution < 1.29 is 28.7 Å². The fourth-order valence-electron chi connectivity index (χ4n) is 4.12. The predicted octanol–water partition coefficient (Wildman–Crippen LogP) is 2.35. The van der Waals surface area contributed by atoms with Crippen molar-refractivity contribution in [3.05, 3.63) is 53.6 Å². The van der Waals surface area contributed by atoms with E-state index in [0.717, 1.165) is 4.90 Å². The van der Waals surface area contributed by atoms with E-state index in [0.29, 0.717) is 54.6 Å². The SMILES string of the molecule is CCN(CC)C(=O)c1ccc(NC(=O)CN2C(=O)N[C@](C)(c3ccc4c(c3)OCCO4)C2=O)cc1. The molecule has 1 saturated heterocycles. The van der Waals surface area contributed by atoms with E-state index in [1.165, 1.54) is 0 Å². The van der Waals surface area contributed by atoms with Gasteiger partial charge in [-0.15, -0.1) is 0 Å². The number of imide groups is 1. The van der Waals surface area contributed by atoms with Gasteiger partial charge in [-0.3, -0.25) is 19.3 Å². The quantitative estimate of drug-likeness (QED) is 0.588. The summed E-state index contributed by atoms with van der Waals surface area (Å²) >= 11 is 0. The number of carbonyl (C=O) groups is 4. The van der Waals surface area contributed by atoms with Gasteiger partial charge in [0.2, 0.25) is 5.91 Å². The van der Waals surface area contributed by atoms with Crippen molar-refractivity contribution in [1.29, 1.82) is 0 Å². The van der Waals surface area contributed by atoms with Crippen LogP contribution in [0, 0.1) is 0 Å². The molecular weight excluding hydrogens is 452 g/mol. The van der Waals surface area contributed by atoms with Crippen LogP contribution in [0.25, 0.3) is 0 Å². The van der Waals surface area contributed by atoms with E-state index in [1.54, 1.807) is 54.3 Å². The van der Waals surface area contributed by atoms with Gasteiger partial charge >= 0.3 is 6.03 Å². The van der Waals surface area contributed by atoms with Gasteiger partial charge in [0.05, 0.1) is 0 Å². The van der Waals surface area contributed by atoms with Crippen LogP contribution in [0.4, 0.5) is 10.5 Å². The third-order valence-electron chi connectivity index (χ3n) is 6.16. The van der Waals surface area contributed by atoms with E-state index < -0.39 is 29.9 Å². The van der Waals surface area contributed by atoms with Crippen LogP contribution in [-0.2, 0) is 15.1 Å². The standard InChI is InChI=1S/C25H28N4O6/c1-4-28(5-2)22(31)16-6-9-18(10-7-16)26-21(30)15-29-23(32)25(3,27-24(29)33)17-8-11-19-20(14-17)35-13-12-34-19/h6-11,14H,4-5,12-13,15H2,1-3H3,(H,26,30)(H,27,33)/t25-/m1/s1. The van der Waals surface area contributed by atoms with E-state index >= 15 is 0 Å². The van der Waals surface area contributed by atoms with Gasteiger partial charge in [0, 0.05) is 24.3 Å². The lowest BCUT2D eigenvalue weighted by Crippen LogP contribution is -2.42. The molecule has 0 bridgehead atoms. The Kier molecular flexibility index (Phi) is 6.63. The highest BCUT2D eigenvalue weighted by Crippen LogP contribution is 2.36. The van der Waals surface area contributed by atoms with E-state index in [1.807, 2.05) is 13.8 Å². The average molecular weight is 481 g/mol. The number of carbonyl (C=O) groups excluding carboxylic acids is 4. The molecule has 0 radical (unpaired) electrons. The van der Waals surface area contributed by atoms with Gasteiger partial charge in [0.25, 0.3) is 11.8 Å². The summed E-state index contributed by atoms with van der Waals surface area (Å²) in [5.41, 5.74) is 0.139. The molecular formula is C25H28N4O6. The van der Waals surface area contributed by atoms with Crippen molar-refractivity contribution in [2.24, 2.45) is 0 Å². The molecule has 5 amide bonds. The molecule has 0 saturated carbocycles. The number of hydrogen-bond donors (Lipinski definition) is 2. The van der Waals surface area contributed by atoms with Crippen LogP contribution >= 0.6 is 0 Å². The second kappa shape index (κ2) is 9.65. The zero-order valence-corrected chi connectivity index (χ0v) is 19.9. The molecule has 2 aliphatic rings. The van der Waals surface area contributed by atoms with Gasteiger partial charge in [-0.05, 0) is 62.7 Å². The number of nitrogens with zero attached hydrogens (tertiary/aromatic N) is 2. The largest absolute Gasteiger partial charge is 0.486 e. The molecule has 0 aromatic heterocycles. The summed E-state index contributed by atoms with van der Waals surface area (Å²) in [6.45, 7) is 6.99. The third-order valence-corrected chi connectivity index (χ3v) is 6.16. The van der Waals surface area contributed by atoms with Gasteiger partial charge in [0.15, 0.2) is 11.5 Å². The van der Waals surface area contributed by atoms with Crippen molar-refractivity contribution in [3.63, 3.8) is 0 Å². The smallest absolute Gasteiger partial charge is 0.325 e. The maximum absolute atomic E-state index is 13.2. The van der Waals surface area contributed by atoms with Crippen molar-refractivity contribution in [2.75, 3.05) is 38.2 Å². The number of ether oxygens (including phenoxy) is 2. The number of nitrogens with one attached hydrogen (secondary N) is 2. The maximum atomic E-state index is 13.2. The zero-order chi connectivity index (χ0) is 25.2. The molecule has 4 rings (SSSR count). The third kappa shape index (κ3) is 4.64. The Morgan fingerprint density at radius 3 is 2.34 bits per heavy atom. The highest BCUT2D eigenvalue weighted by Gasteiger charge is 2.49. The minimum Gasteiger partial charge on any atom is -0.486 e. The van der Waals surface area contributed by atoms with Crippen molar-refractivity contribution >= 4 is 29.4 Å². The Morgan fingerprint density at radius 2 is 1.69 bits per heavy atom. The summed E-state index contributed by atoms with van der Waals surface area (Å²) in [5.74, 6) is -0.111. The van der Waals surface area contributed by atoms with Crippen LogP contribution < -0.4 is 20.1 Å². The Bertz CT molecular complexity index is 1160. The number of urea groups is 1. The first-order valence-electron chi connectivity index (χ1n) is 11.5. The topological polar surface area (TPSA) is 117 Å². The predicted molar refractivity (Wildman–Crippen MR) is 127 cm³/mol. The van der Waals surface area contributed by atoms with Gasteiger partial charge in [-0.1, -0.05) is 6.07 Å². The number of hydrogen-bond acceptors (Lipinski definition) is 6. The van der Waals surface area contributed by atoms with E-state index in [-0.39, 0.29) is 5.91 Å². The lowest BCUT2D eigenvalue weighted by molar-refractivity contribution is -0.133. The molecule has 184 valence electrons. The van der Waals surface area contributed by atoms with Crippen molar-refractivity contribution in [1.82, 2.24) is 15.1 Å². The molecule has 10 heteroatoms. The van der Waals surface area contributed by atoms with Gasteiger partial charge in [0.1, 0.15) is 25.3 Å². The first-order chi connectivity index (χ1) is 16.8. The highest BCUT2D eigenvalue weighted by molar-refractivity contribution is 6.10. The van der Waals surface area contributed by atoms with Crippen molar-refractivity contribution in [2.45, 2.75) is 26.3 Å². The molecule has 35 heavy (non-hydrogen) atoms. The second-order valence-corrected chi connectivity index (χ2v) is 8.41. The Morgan fingerprint density at radius 1 is 1.03 bits per heavy atom. The molecule has 10 nitrogen and oxygen atoms in total. The summed E-state index contributed by atoms with van der Waals surface area (Å²) in [6.07, 6.45) is 0. The Balaban J connectivity index is 1.42. The zero-order valence-electron chi connectivity index (χ0n) is 19.9. The first kappa shape index (κ1) is 24.1. The monoisotopic (exact) mass is 480 g/mol. The number of rotatable bonds is 7. The van der Waals surface area contributed by atoms with Gasteiger partial charge in [-0.2, -0.15) is 0 Å². The van der Waals surface area contributed by atoms with Crippen LogP contribution in [0.2, 0.25) is 0 Å². The molecule has 0 unspecified atom stereocenters. The second-order valence-electron chi connectivity index (χ2n) is 8.41. The van der Waals surface area contributed by atoms with Crippen LogP contribution in [0.3, 0.4) is 0 Å². The normalized spacial score (nSPS) is 18.8. The number of fused-ring (bicyclic) bond motifs is 1. The first-order valence-corrected chi connectivity index (χ1v) is 11.5. The highest BCUT2D eigenvalue weighted by atomic mass is 16.6. The molecule has 0 aliphatic carbocycles. The lowest BCUT2D eigenvalue weighted by atomic mass is 9.91. The number of benzene rings is 2. The summed E-state index contributed by atoms with van der Waals surface area (Å²) in [7, 11) is 0. The Labute approximate surface area is 203 Å². The summed E-state index contributed by atoms with van der Waals surface area (Å²) in [4.78, 5) is 53.4. The Hall–Kier alpha value is -4.08. The molecule has 2 aromatic carbocycles. The van der Waals surface area contributed by atoms with E-state index in [9.17, 15) is 19.2 Å². The summed E-state index contributed by atoms with van der Waals surface area (Å²) < 4.78 is 11.1. The van der Waals surface area contributed by atoms with Crippen LogP contribution in [0.1, 0.15) is 36.7 Å². The van der Waals surface area contributed by atoms with E-state index in [4.69, 9.17) is 9.47 Å². The van der Waals surface area contributed by atoms with Crippen LogP contribution in [-0.4, -0.2) is 66.4 Å². The van der Waals surface area contributed by atoms with Gasteiger partial charge < -0.3 is 25.0 Å². The summed E-state index contributed by atoms with van der Waals surface area (Å²) in [5, 5.41) is 5.35. The lowest BCUT2D eigenvalue weighted by Gasteiger charge is -2.25. The minimum absolute atomic E-state index is 0.0920. The number of amides is 5. The van der Waals surface area contributed by atoms with Crippen LogP contribution in [0.5, 0.6) is 11.5 Å². The molecule has 2 N–H and O–H groups in total. The maximum Gasteiger partial charge on any atom is 0.325 e. The molecule has 2 heterocycles. The fourth-order valence-corrected chi connectivity index (χ4v) is 4.12. The molecule has 2 aliphatic heterocycles. The molecule has 0 spiro atoms. The van der Waals surface area contributed by atoms with Crippen LogP contribution in [0.15, 0.2) is 42.5 Å². The molecule has 1 fully saturated rings. The van der Waals surface area contributed by atoms with Crippen molar-refractivity contribution in [3.8, 4) is 11.5 Å². The minimum atomic E-state index is -1.35. The summed E-state index contributed by atoms with van der Waals surface area (Å²) in [6, 6.07) is 10.9. The van der Waals surface area contributed by atoms with Gasteiger partial charge in [-0.25, -0.2) is 4.79 Å². The van der Waals surface area contributed by atoms with E-state index in [2.05, 4.69) is 10.6 Å². The molecule has 2 aromatic rings. The number of anilines is 1.